The van der Waals surface area contributed by atoms with Crippen LogP contribution in [0.15, 0.2) is 12.1 Å². The second-order valence-electron chi connectivity index (χ2n) is 3.07. The van der Waals surface area contributed by atoms with Crippen molar-refractivity contribution in [2.45, 2.75) is 6.54 Å². The van der Waals surface area contributed by atoms with Gasteiger partial charge >= 0.3 is 0 Å². The fourth-order valence-corrected chi connectivity index (χ4v) is 1.05. The third kappa shape index (κ3) is 3.73. The first-order chi connectivity index (χ1) is 7.65. The number of phenols is 1. The van der Waals surface area contributed by atoms with Crippen molar-refractivity contribution in [2.75, 3.05) is 20.3 Å². The fraction of sp³-hybridized carbons (Fsp3) is 0.400. The summed E-state index contributed by atoms with van der Waals surface area (Å²) in [6.45, 7) is 0.892. The average molecular weight is 233 g/mol. The number of hydrogen-bond acceptors (Lipinski definition) is 4. The lowest BCUT2D eigenvalue weighted by atomic mass is 10.2. The highest BCUT2D eigenvalue weighted by molar-refractivity contribution is 5.29. The van der Waals surface area contributed by atoms with Gasteiger partial charge in [0.2, 0.25) is 0 Å². The zero-order valence-electron chi connectivity index (χ0n) is 8.80. The Bertz CT molecular complexity index is 324. The Hall–Kier alpha value is -1.24. The third-order valence-electron chi connectivity index (χ3n) is 1.84. The molecule has 16 heavy (non-hydrogen) atoms. The number of methoxy groups -OCH3 is 1. The Morgan fingerprint density at radius 1 is 1.25 bits per heavy atom. The van der Waals surface area contributed by atoms with Crippen molar-refractivity contribution in [3.63, 3.8) is 0 Å². The zero-order chi connectivity index (χ0) is 12.0. The van der Waals surface area contributed by atoms with Gasteiger partial charge in [-0.2, -0.15) is 5.48 Å². The number of rotatable bonds is 6. The highest BCUT2D eigenvalue weighted by Crippen LogP contribution is 2.21. The van der Waals surface area contributed by atoms with Gasteiger partial charge in [0.1, 0.15) is 0 Å². The Kier molecular flexibility index (Phi) is 5.10. The second kappa shape index (κ2) is 6.37. The summed E-state index contributed by atoms with van der Waals surface area (Å²) in [4.78, 5) is 4.91. The maximum absolute atomic E-state index is 12.9. The number of phenolic OH excluding ortho intramolecular Hbond substituents is 1. The molecule has 1 aromatic rings. The number of nitrogens with one attached hydrogen (secondary N) is 1. The summed E-state index contributed by atoms with van der Waals surface area (Å²) in [5, 5.41) is 8.85. The molecule has 0 bridgehead atoms. The van der Waals surface area contributed by atoms with Crippen molar-refractivity contribution in [1.29, 1.82) is 0 Å². The molecule has 1 aromatic carbocycles. The van der Waals surface area contributed by atoms with Gasteiger partial charge in [0, 0.05) is 13.7 Å². The van der Waals surface area contributed by atoms with Crippen molar-refractivity contribution in [2.24, 2.45) is 0 Å². The summed E-state index contributed by atoms with van der Waals surface area (Å²) in [6, 6.07) is 2.07. The lowest BCUT2D eigenvalue weighted by Crippen LogP contribution is -2.17. The van der Waals surface area contributed by atoms with Crippen LogP contribution in [0, 0.1) is 11.6 Å². The Morgan fingerprint density at radius 3 is 2.44 bits per heavy atom. The SMILES string of the molecule is COCCONCc1cc(F)c(O)c(F)c1. The van der Waals surface area contributed by atoms with E-state index in [2.05, 4.69) is 5.48 Å². The predicted octanol–water partition coefficient (Wildman–Crippen LogP) is 1.34. The van der Waals surface area contributed by atoms with Gasteiger partial charge in [0.15, 0.2) is 17.4 Å². The van der Waals surface area contributed by atoms with E-state index in [0.29, 0.717) is 18.8 Å². The van der Waals surface area contributed by atoms with E-state index in [9.17, 15) is 8.78 Å². The van der Waals surface area contributed by atoms with Crippen LogP contribution in [0.1, 0.15) is 5.56 Å². The minimum Gasteiger partial charge on any atom is -0.503 e. The summed E-state index contributed by atoms with van der Waals surface area (Å²) in [5.74, 6) is -2.95. The number of ether oxygens (including phenoxy) is 1. The van der Waals surface area contributed by atoms with Crippen LogP contribution in [-0.2, 0) is 16.1 Å². The molecule has 4 nitrogen and oxygen atoms in total. The number of halogens is 2. The van der Waals surface area contributed by atoms with Gasteiger partial charge in [-0.25, -0.2) is 8.78 Å². The van der Waals surface area contributed by atoms with E-state index in [1.165, 1.54) is 7.11 Å². The lowest BCUT2D eigenvalue weighted by molar-refractivity contribution is 0.00339. The van der Waals surface area contributed by atoms with Gasteiger partial charge in [-0.1, -0.05) is 0 Å². The van der Waals surface area contributed by atoms with Crippen molar-refractivity contribution < 1.29 is 23.5 Å². The highest BCUT2D eigenvalue weighted by atomic mass is 19.1. The van der Waals surface area contributed by atoms with Gasteiger partial charge in [0.25, 0.3) is 0 Å². The standard InChI is InChI=1S/C10H13F2NO3/c1-15-2-3-16-13-6-7-4-8(11)10(14)9(12)5-7/h4-5,13-14H,2-3,6H2,1H3. The number of hydrogen-bond donors (Lipinski definition) is 2. The molecule has 0 aromatic heterocycles. The van der Waals surface area contributed by atoms with Gasteiger partial charge in [-0.15, -0.1) is 0 Å². The average Bonchev–Trinajstić information content (AvgIpc) is 2.25. The Balaban J connectivity index is 2.43. The first-order valence-corrected chi connectivity index (χ1v) is 4.65. The van der Waals surface area contributed by atoms with Crippen molar-refractivity contribution in [3.05, 3.63) is 29.3 Å². The minimum absolute atomic E-state index is 0.137. The van der Waals surface area contributed by atoms with Gasteiger partial charge in [-0.05, 0) is 17.7 Å². The van der Waals surface area contributed by atoms with Crippen LogP contribution in [0.5, 0.6) is 5.75 Å². The molecule has 1 rings (SSSR count). The highest BCUT2D eigenvalue weighted by Gasteiger charge is 2.08. The smallest absolute Gasteiger partial charge is 0.187 e. The maximum atomic E-state index is 12.9. The molecule has 6 heteroatoms. The molecule has 0 radical (unpaired) electrons. The first-order valence-electron chi connectivity index (χ1n) is 4.65. The number of aromatic hydroxyl groups is 1. The molecule has 0 aliphatic rings. The first kappa shape index (κ1) is 12.8. The van der Waals surface area contributed by atoms with Gasteiger partial charge < -0.3 is 9.84 Å². The summed E-state index contributed by atoms with van der Waals surface area (Å²) < 4.78 is 30.5. The molecule has 2 N–H and O–H groups in total. The summed E-state index contributed by atoms with van der Waals surface area (Å²) >= 11 is 0. The molecule has 0 fully saturated rings. The monoisotopic (exact) mass is 233 g/mol. The molecule has 0 saturated heterocycles. The maximum Gasteiger partial charge on any atom is 0.187 e. The minimum atomic E-state index is -0.992. The van der Waals surface area contributed by atoms with Crippen LogP contribution in [0.2, 0.25) is 0 Å². The molecule has 0 heterocycles. The molecule has 0 atom stereocenters. The van der Waals surface area contributed by atoms with E-state index < -0.39 is 17.4 Å². The lowest BCUT2D eigenvalue weighted by Gasteiger charge is -2.06. The van der Waals surface area contributed by atoms with Crippen LogP contribution in [0.3, 0.4) is 0 Å². The summed E-state index contributed by atoms with van der Waals surface area (Å²) in [5.41, 5.74) is 2.85. The fourth-order valence-electron chi connectivity index (χ4n) is 1.05. The second-order valence-corrected chi connectivity index (χ2v) is 3.07. The number of benzene rings is 1. The van der Waals surface area contributed by atoms with E-state index in [-0.39, 0.29) is 6.54 Å². The Morgan fingerprint density at radius 2 is 1.88 bits per heavy atom. The molecule has 0 aliphatic carbocycles. The van der Waals surface area contributed by atoms with Gasteiger partial charge in [-0.3, -0.25) is 4.84 Å². The normalized spacial score (nSPS) is 10.7. The molecule has 0 aliphatic heterocycles. The quantitative estimate of drug-likeness (QED) is 0.575. The molecule has 0 saturated carbocycles. The van der Waals surface area contributed by atoms with Gasteiger partial charge in [0.05, 0.1) is 13.2 Å². The largest absolute Gasteiger partial charge is 0.503 e. The van der Waals surface area contributed by atoms with Crippen LogP contribution in [0.4, 0.5) is 8.78 Å². The van der Waals surface area contributed by atoms with E-state index in [4.69, 9.17) is 14.7 Å². The van der Waals surface area contributed by atoms with Crippen LogP contribution >= 0.6 is 0 Å². The van der Waals surface area contributed by atoms with E-state index in [1.54, 1.807) is 0 Å². The van der Waals surface area contributed by atoms with Crippen molar-refractivity contribution in [1.82, 2.24) is 5.48 Å². The molecule has 0 spiro atoms. The topological polar surface area (TPSA) is 50.7 Å². The Labute approximate surface area is 91.7 Å². The van der Waals surface area contributed by atoms with E-state index in [1.807, 2.05) is 0 Å². The molecule has 90 valence electrons. The van der Waals surface area contributed by atoms with E-state index in [0.717, 1.165) is 12.1 Å². The molecule has 0 amide bonds. The molecule has 0 unspecified atom stereocenters. The van der Waals surface area contributed by atoms with E-state index >= 15 is 0 Å². The van der Waals surface area contributed by atoms with Crippen LogP contribution < -0.4 is 5.48 Å². The molecular weight excluding hydrogens is 220 g/mol. The zero-order valence-corrected chi connectivity index (χ0v) is 8.80. The van der Waals surface area contributed by atoms with Crippen molar-refractivity contribution in [3.8, 4) is 5.75 Å². The van der Waals surface area contributed by atoms with Crippen LogP contribution in [0.25, 0.3) is 0 Å². The predicted molar refractivity (Wildman–Crippen MR) is 52.7 cm³/mol. The third-order valence-corrected chi connectivity index (χ3v) is 1.84. The summed E-state index contributed by atoms with van der Waals surface area (Å²) in [6.07, 6.45) is 0. The number of hydroxylamine groups is 1. The van der Waals surface area contributed by atoms with Crippen LogP contribution in [-0.4, -0.2) is 25.4 Å². The summed E-state index contributed by atoms with van der Waals surface area (Å²) in [7, 11) is 1.54. The molecular formula is C10H13F2NO3. The van der Waals surface area contributed by atoms with Crippen molar-refractivity contribution >= 4 is 0 Å².